The summed E-state index contributed by atoms with van der Waals surface area (Å²) in [7, 11) is -4.19. The molecular weight excluding hydrogens is 294 g/mol. The number of nitrogens with zero attached hydrogens (tertiary/aromatic N) is 1. The molecule has 2 atom stereocenters. The molecule has 0 bridgehead atoms. The number of carbonyl (C=O) groups is 1. The van der Waals surface area contributed by atoms with Gasteiger partial charge in [-0.2, -0.15) is 8.42 Å². The van der Waals surface area contributed by atoms with Gasteiger partial charge in [-0.25, -0.2) is 4.79 Å². The highest BCUT2D eigenvalue weighted by Crippen LogP contribution is 2.28. The highest BCUT2D eigenvalue weighted by atomic mass is 32.2. The van der Waals surface area contributed by atoms with Gasteiger partial charge in [-0.1, -0.05) is 19.1 Å². The van der Waals surface area contributed by atoms with Gasteiger partial charge >= 0.3 is 6.09 Å². The number of benzene rings is 1. The Bertz CT molecular complexity index is 623. The van der Waals surface area contributed by atoms with Gasteiger partial charge in [-0.15, -0.1) is 0 Å². The van der Waals surface area contributed by atoms with Gasteiger partial charge in [-0.05, 0) is 31.5 Å². The summed E-state index contributed by atoms with van der Waals surface area (Å²) in [5, 5.41) is 0. The molecule has 0 radical (unpaired) electrons. The molecule has 0 spiro atoms. The maximum absolute atomic E-state index is 11.7. The van der Waals surface area contributed by atoms with E-state index < -0.39 is 10.1 Å². The Labute approximate surface area is 124 Å². The fourth-order valence-corrected chi connectivity index (χ4v) is 2.82. The van der Waals surface area contributed by atoms with Gasteiger partial charge in [0.15, 0.2) is 0 Å². The zero-order valence-corrected chi connectivity index (χ0v) is 13.0. The van der Waals surface area contributed by atoms with E-state index in [-0.39, 0.29) is 29.1 Å². The molecule has 7 heteroatoms. The average molecular weight is 313 g/mol. The Hall–Kier alpha value is -1.60. The zero-order valence-electron chi connectivity index (χ0n) is 12.2. The van der Waals surface area contributed by atoms with E-state index in [9.17, 15) is 13.2 Å². The van der Waals surface area contributed by atoms with E-state index >= 15 is 0 Å². The number of ether oxygens (including phenoxy) is 1. The van der Waals surface area contributed by atoms with Gasteiger partial charge in [0.05, 0.1) is 11.4 Å². The van der Waals surface area contributed by atoms with Crippen LogP contribution in [0.25, 0.3) is 0 Å². The topological polar surface area (TPSA) is 83.9 Å². The first kappa shape index (κ1) is 15.8. The van der Waals surface area contributed by atoms with Gasteiger partial charge in [-0.3, -0.25) is 4.55 Å². The minimum atomic E-state index is -4.19. The van der Waals surface area contributed by atoms with Crippen molar-refractivity contribution in [2.75, 3.05) is 6.54 Å². The van der Waals surface area contributed by atoms with Crippen LogP contribution >= 0.6 is 0 Å². The highest BCUT2D eigenvalue weighted by Gasteiger charge is 2.36. The van der Waals surface area contributed by atoms with Crippen molar-refractivity contribution in [2.24, 2.45) is 0 Å². The number of rotatable bonds is 4. The van der Waals surface area contributed by atoms with Crippen LogP contribution in [0.15, 0.2) is 29.2 Å². The van der Waals surface area contributed by atoms with Gasteiger partial charge in [0.1, 0.15) is 6.10 Å². The minimum Gasteiger partial charge on any atom is -0.444 e. The lowest BCUT2D eigenvalue weighted by Crippen LogP contribution is -2.32. The summed E-state index contributed by atoms with van der Waals surface area (Å²) in [6.07, 6.45) is -0.590. The first-order valence-electron chi connectivity index (χ1n) is 6.75. The van der Waals surface area contributed by atoms with Crippen LogP contribution in [0.4, 0.5) is 4.79 Å². The second kappa shape index (κ2) is 5.65. The molecule has 1 amide bonds. The largest absolute Gasteiger partial charge is 0.444 e. The van der Waals surface area contributed by atoms with E-state index in [1.165, 1.54) is 12.1 Å². The molecule has 1 aromatic rings. The Morgan fingerprint density at radius 1 is 1.24 bits per heavy atom. The average Bonchev–Trinajstić information content (AvgIpc) is 2.79. The molecule has 1 aliphatic heterocycles. The Balaban J connectivity index is 2.14. The summed E-state index contributed by atoms with van der Waals surface area (Å²) in [5.74, 6) is -0.0619. The van der Waals surface area contributed by atoms with Crippen molar-refractivity contribution in [2.45, 2.75) is 43.7 Å². The number of carbonyl (C=O) groups excluding carboxylic acids is 1. The van der Waals surface area contributed by atoms with Crippen molar-refractivity contribution in [3.05, 3.63) is 29.8 Å². The Morgan fingerprint density at radius 2 is 1.81 bits per heavy atom. The molecular formula is C14H19NO5S. The number of hydrogen-bond donors (Lipinski definition) is 1. The maximum Gasteiger partial charge on any atom is 0.410 e. The van der Waals surface area contributed by atoms with Crippen LogP contribution in [-0.2, 0) is 14.9 Å². The molecule has 1 aliphatic rings. The predicted octanol–water partition coefficient (Wildman–Crippen LogP) is 2.27. The molecule has 2 unspecified atom stereocenters. The van der Waals surface area contributed by atoms with Crippen molar-refractivity contribution in [1.29, 1.82) is 0 Å². The van der Waals surface area contributed by atoms with E-state index in [4.69, 9.17) is 9.29 Å². The number of cyclic esters (lactones) is 1. The fourth-order valence-electron chi connectivity index (χ4n) is 2.34. The van der Waals surface area contributed by atoms with Gasteiger partial charge in [0, 0.05) is 12.0 Å². The normalized spacial score (nSPS) is 20.7. The van der Waals surface area contributed by atoms with Gasteiger partial charge in [0.2, 0.25) is 0 Å². The summed E-state index contributed by atoms with van der Waals surface area (Å²) in [4.78, 5) is 13.3. The third kappa shape index (κ3) is 3.36. The zero-order chi connectivity index (χ0) is 15.8. The number of amides is 1. The Morgan fingerprint density at radius 3 is 2.24 bits per heavy atom. The second-order valence-corrected chi connectivity index (χ2v) is 6.92. The molecule has 1 heterocycles. The third-order valence-corrected chi connectivity index (χ3v) is 4.62. The SMILES string of the molecule is CC(c1ccc(S(=O)(=O)O)cc1)C1CN(C(C)C)C(=O)O1. The Kier molecular flexibility index (Phi) is 4.25. The van der Waals surface area contributed by atoms with Crippen LogP contribution in [0.1, 0.15) is 32.3 Å². The van der Waals surface area contributed by atoms with Crippen LogP contribution < -0.4 is 0 Å². The van der Waals surface area contributed by atoms with Crippen LogP contribution in [0.2, 0.25) is 0 Å². The molecule has 21 heavy (non-hydrogen) atoms. The molecule has 1 N–H and O–H groups in total. The molecule has 1 aromatic carbocycles. The van der Waals surface area contributed by atoms with E-state index in [0.29, 0.717) is 6.54 Å². The summed E-state index contributed by atoms with van der Waals surface area (Å²) < 4.78 is 36.3. The molecule has 0 aliphatic carbocycles. The molecule has 2 rings (SSSR count). The van der Waals surface area contributed by atoms with Crippen LogP contribution in [0.5, 0.6) is 0 Å². The summed E-state index contributed by atoms with van der Waals surface area (Å²) >= 11 is 0. The third-order valence-electron chi connectivity index (χ3n) is 3.75. The molecule has 116 valence electrons. The van der Waals surface area contributed by atoms with Crippen LogP contribution in [-0.4, -0.2) is 42.7 Å². The monoisotopic (exact) mass is 313 g/mol. The van der Waals surface area contributed by atoms with E-state index in [2.05, 4.69) is 0 Å². The smallest absolute Gasteiger partial charge is 0.410 e. The summed E-state index contributed by atoms with van der Waals surface area (Å²) in [5.41, 5.74) is 0.853. The standard InChI is InChI=1S/C14H19NO5S/c1-9(2)15-8-13(20-14(15)16)10(3)11-4-6-12(7-5-11)21(17,18)19/h4-7,9-10,13H,8H2,1-3H3,(H,17,18,19). The van der Waals surface area contributed by atoms with Crippen LogP contribution in [0.3, 0.4) is 0 Å². The number of hydrogen-bond acceptors (Lipinski definition) is 4. The van der Waals surface area contributed by atoms with Gasteiger partial charge in [0.25, 0.3) is 10.1 Å². The minimum absolute atomic E-state index is 0.0619. The first-order valence-corrected chi connectivity index (χ1v) is 8.19. The lowest BCUT2D eigenvalue weighted by molar-refractivity contribution is 0.121. The lowest BCUT2D eigenvalue weighted by atomic mass is 9.95. The van der Waals surface area contributed by atoms with Crippen molar-refractivity contribution in [3.8, 4) is 0 Å². The van der Waals surface area contributed by atoms with Crippen molar-refractivity contribution in [3.63, 3.8) is 0 Å². The maximum atomic E-state index is 11.7. The fraction of sp³-hybridized carbons (Fsp3) is 0.500. The van der Waals surface area contributed by atoms with E-state index in [0.717, 1.165) is 5.56 Å². The van der Waals surface area contributed by atoms with E-state index in [1.807, 2.05) is 20.8 Å². The lowest BCUT2D eigenvalue weighted by Gasteiger charge is -2.19. The first-order chi connectivity index (χ1) is 9.70. The quantitative estimate of drug-likeness (QED) is 0.862. The van der Waals surface area contributed by atoms with Crippen molar-refractivity contribution < 1.29 is 22.5 Å². The molecule has 1 saturated heterocycles. The predicted molar refractivity (Wildman–Crippen MR) is 76.8 cm³/mol. The van der Waals surface area contributed by atoms with Crippen molar-refractivity contribution in [1.82, 2.24) is 4.90 Å². The van der Waals surface area contributed by atoms with Crippen molar-refractivity contribution >= 4 is 16.2 Å². The molecule has 1 fully saturated rings. The van der Waals surface area contributed by atoms with E-state index in [1.54, 1.807) is 17.0 Å². The molecule has 6 nitrogen and oxygen atoms in total. The highest BCUT2D eigenvalue weighted by molar-refractivity contribution is 7.85. The summed E-state index contributed by atoms with van der Waals surface area (Å²) in [6, 6.07) is 6.02. The van der Waals surface area contributed by atoms with Gasteiger partial charge < -0.3 is 9.64 Å². The molecule has 0 saturated carbocycles. The second-order valence-electron chi connectivity index (χ2n) is 5.50. The summed E-state index contributed by atoms with van der Waals surface area (Å²) in [6.45, 7) is 6.28. The van der Waals surface area contributed by atoms with Crippen LogP contribution in [0, 0.1) is 0 Å². The molecule has 0 aromatic heterocycles.